The molecule has 2 aromatic rings. The Morgan fingerprint density at radius 3 is 2.30 bits per heavy atom. The van der Waals surface area contributed by atoms with Gasteiger partial charge in [0.2, 0.25) is 11.8 Å². The maximum absolute atomic E-state index is 12.7. The van der Waals surface area contributed by atoms with Gasteiger partial charge in [-0.25, -0.2) is 13.1 Å². The number of carbonyl (C=O) groups is 2. The van der Waals surface area contributed by atoms with Crippen LogP contribution in [0.5, 0.6) is 0 Å². The second kappa shape index (κ2) is 7.40. The molecule has 1 aromatic heterocycles. The Bertz CT molecular complexity index is 1090. The summed E-state index contributed by atoms with van der Waals surface area (Å²) in [5.41, 5.74) is 1.52. The number of nitrogens with one attached hydrogen (secondary N) is 2. The average Bonchev–Trinajstić information content (AvgIpc) is 3.39. The summed E-state index contributed by atoms with van der Waals surface area (Å²) in [5.74, 6) is -3.10. The third-order valence-electron chi connectivity index (χ3n) is 5.68. The first-order chi connectivity index (χ1) is 14.2. The molecule has 2 aliphatic heterocycles. The average molecular weight is 435 g/mol. The Hall–Kier alpha value is -2.92. The summed E-state index contributed by atoms with van der Waals surface area (Å²) in [5, 5.41) is 15.8. The van der Waals surface area contributed by atoms with E-state index in [2.05, 4.69) is 15.2 Å². The van der Waals surface area contributed by atoms with Crippen molar-refractivity contribution in [2.75, 3.05) is 10.0 Å². The highest BCUT2D eigenvalue weighted by Crippen LogP contribution is 2.44. The van der Waals surface area contributed by atoms with Gasteiger partial charge in [-0.2, -0.15) is 0 Å². The van der Waals surface area contributed by atoms with Crippen molar-refractivity contribution in [2.45, 2.75) is 43.8 Å². The first-order valence-corrected chi connectivity index (χ1v) is 10.9. The van der Waals surface area contributed by atoms with Crippen LogP contribution in [0.1, 0.15) is 24.1 Å². The number of carboxylic acids is 1. The van der Waals surface area contributed by atoms with Gasteiger partial charge < -0.3 is 19.7 Å². The van der Waals surface area contributed by atoms with Crippen molar-refractivity contribution in [1.29, 1.82) is 0 Å². The number of nitrogens with zero attached hydrogens (tertiary/aromatic N) is 1. The van der Waals surface area contributed by atoms with Gasteiger partial charge in [-0.15, -0.1) is 0 Å². The number of carboxylic acid groups (broad SMARTS) is 1. The van der Waals surface area contributed by atoms with E-state index in [1.165, 1.54) is 24.3 Å². The number of sulfonamides is 1. The maximum atomic E-state index is 12.7. The minimum Gasteiger partial charge on any atom is -0.481 e. The quantitative estimate of drug-likeness (QED) is 0.623. The molecule has 160 valence electrons. The fourth-order valence-electron chi connectivity index (χ4n) is 3.96. The third-order valence-corrected chi connectivity index (χ3v) is 7.02. The van der Waals surface area contributed by atoms with Gasteiger partial charge in [0, 0.05) is 11.3 Å². The summed E-state index contributed by atoms with van der Waals surface area (Å²) in [4.78, 5) is 24.2. The second-order valence-corrected chi connectivity index (χ2v) is 9.20. The van der Waals surface area contributed by atoms with Crippen LogP contribution in [-0.2, 0) is 24.3 Å². The van der Waals surface area contributed by atoms with Crippen molar-refractivity contribution < 1.29 is 32.4 Å². The van der Waals surface area contributed by atoms with E-state index >= 15 is 0 Å². The lowest BCUT2D eigenvalue weighted by Gasteiger charge is -2.23. The Morgan fingerprint density at radius 2 is 1.73 bits per heavy atom. The van der Waals surface area contributed by atoms with Crippen LogP contribution >= 0.6 is 0 Å². The summed E-state index contributed by atoms with van der Waals surface area (Å²) in [6.07, 6.45) is 0.434. The van der Waals surface area contributed by atoms with Gasteiger partial charge in [0.05, 0.1) is 34.6 Å². The Balaban J connectivity index is 1.46. The van der Waals surface area contributed by atoms with Gasteiger partial charge in [0.25, 0.3) is 10.0 Å². The minimum atomic E-state index is -3.90. The molecule has 4 atom stereocenters. The van der Waals surface area contributed by atoms with Gasteiger partial charge in [0.15, 0.2) is 0 Å². The van der Waals surface area contributed by atoms with Crippen LogP contribution in [0, 0.1) is 25.7 Å². The molecule has 2 saturated heterocycles. The lowest BCUT2D eigenvalue weighted by molar-refractivity contribution is -0.147. The number of fused-ring (bicyclic) bond motifs is 2. The number of rotatable bonds is 6. The van der Waals surface area contributed by atoms with Crippen molar-refractivity contribution in [2.24, 2.45) is 11.8 Å². The summed E-state index contributed by atoms with van der Waals surface area (Å²) in [7, 11) is -3.90. The molecule has 30 heavy (non-hydrogen) atoms. The Morgan fingerprint density at radius 1 is 1.10 bits per heavy atom. The van der Waals surface area contributed by atoms with Gasteiger partial charge in [-0.05, 0) is 51.0 Å². The predicted octanol–water partition coefficient (Wildman–Crippen LogP) is 1.91. The topological polar surface area (TPSA) is 148 Å². The zero-order valence-corrected chi connectivity index (χ0v) is 17.1. The summed E-state index contributed by atoms with van der Waals surface area (Å²) >= 11 is 0. The van der Waals surface area contributed by atoms with Crippen LogP contribution in [0.4, 0.5) is 11.6 Å². The number of amides is 1. The molecule has 0 spiro atoms. The minimum absolute atomic E-state index is 0.0272. The van der Waals surface area contributed by atoms with Crippen LogP contribution in [0.15, 0.2) is 33.7 Å². The zero-order valence-electron chi connectivity index (χ0n) is 16.3. The number of aliphatic carboxylic acids is 1. The van der Waals surface area contributed by atoms with Crippen LogP contribution in [0.25, 0.3) is 0 Å². The SMILES string of the molecule is Cc1noc(NS(=O)(=O)c2ccc(NC(=O)[C@@H]3[C@@H](C(=O)O)[C@@H]4CC[C@@H]3O4)cc2)c1C. The summed E-state index contributed by atoms with van der Waals surface area (Å²) in [6, 6.07) is 5.55. The molecule has 0 radical (unpaired) electrons. The fraction of sp³-hybridized carbons (Fsp3) is 0.421. The largest absolute Gasteiger partial charge is 0.481 e. The van der Waals surface area contributed by atoms with E-state index in [9.17, 15) is 23.1 Å². The Labute approximate surface area is 172 Å². The molecule has 0 unspecified atom stereocenters. The molecule has 0 aliphatic carbocycles. The number of hydrogen-bond acceptors (Lipinski definition) is 7. The highest BCUT2D eigenvalue weighted by Gasteiger charge is 2.55. The van der Waals surface area contributed by atoms with Gasteiger partial charge in [-0.1, -0.05) is 5.16 Å². The van der Waals surface area contributed by atoms with Crippen molar-refractivity contribution >= 4 is 33.5 Å². The second-order valence-electron chi connectivity index (χ2n) is 7.52. The molecule has 4 rings (SSSR count). The first-order valence-electron chi connectivity index (χ1n) is 9.42. The summed E-state index contributed by atoms with van der Waals surface area (Å²) < 4.78 is 38.0. The van der Waals surface area contributed by atoms with Crippen molar-refractivity contribution in [3.63, 3.8) is 0 Å². The van der Waals surface area contributed by atoms with E-state index in [-0.39, 0.29) is 10.8 Å². The van der Waals surface area contributed by atoms with Gasteiger partial charge >= 0.3 is 5.97 Å². The molecule has 2 fully saturated rings. The number of aromatic nitrogens is 1. The normalized spacial score (nSPS) is 25.3. The number of aryl methyl sites for hydroxylation is 1. The van der Waals surface area contributed by atoms with Crippen molar-refractivity contribution in [1.82, 2.24) is 5.16 Å². The first kappa shape index (κ1) is 20.4. The number of ether oxygens (including phenoxy) is 1. The van der Waals surface area contributed by atoms with E-state index in [0.29, 0.717) is 29.8 Å². The van der Waals surface area contributed by atoms with Crippen molar-refractivity contribution in [3.05, 3.63) is 35.5 Å². The Kier molecular flexibility index (Phi) is 5.02. The monoisotopic (exact) mass is 435 g/mol. The van der Waals surface area contributed by atoms with E-state index in [1.807, 2.05) is 0 Å². The molecule has 1 amide bonds. The molecule has 2 bridgehead atoms. The third kappa shape index (κ3) is 3.54. The maximum Gasteiger partial charge on any atom is 0.310 e. The summed E-state index contributed by atoms with van der Waals surface area (Å²) in [6.45, 7) is 3.39. The van der Waals surface area contributed by atoms with E-state index in [4.69, 9.17) is 9.26 Å². The molecule has 11 heteroatoms. The molecule has 1 aromatic carbocycles. The predicted molar refractivity (Wildman–Crippen MR) is 104 cm³/mol. The van der Waals surface area contributed by atoms with Crippen LogP contribution in [0.2, 0.25) is 0 Å². The smallest absolute Gasteiger partial charge is 0.310 e. The number of anilines is 2. The van der Waals surface area contributed by atoms with Crippen molar-refractivity contribution in [3.8, 4) is 0 Å². The van der Waals surface area contributed by atoms with Crippen LogP contribution in [-0.4, -0.2) is 42.8 Å². The number of carbonyl (C=O) groups excluding carboxylic acids is 1. The van der Waals surface area contributed by atoms with Gasteiger partial charge in [0.1, 0.15) is 0 Å². The van der Waals surface area contributed by atoms with E-state index in [0.717, 1.165) is 0 Å². The highest BCUT2D eigenvalue weighted by molar-refractivity contribution is 7.92. The van der Waals surface area contributed by atoms with E-state index < -0.39 is 45.9 Å². The molecular weight excluding hydrogens is 414 g/mol. The van der Waals surface area contributed by atoms with Crippen LogP contribution < -0.4 is 10.0 Å². The molecule has 10 nitrogen and oxygen atoms in total. The lowest BCUT2D eigenvalue weighted by atomic mass is 9.78. The van der Waals surface area contributed by atoms with Gasteiger partial charge in [-0.3, -0.25) is 9.59 Å². The fourth-order valence-corrected chi connectivity index (χ4v) is 5.01. The van der Waals surface area contributed by atoms with E-state index in [1.54, 1.807) is 13.8 Å². The molecular formula is C19H21N3O7S. The van der Waals surface area contributed by atoms with Crippen LogP contribution in [0.3, 0.4) is 0 Å². The molecule has 3 heterocycles. The molecule has 2 aliphatic rings. The number of hydrogen-bond donors (Lipinski definition) is 3. The lowest BCUT2D eigenvalue weighted by Crippen LogP contribution is -2.40. The number of benzene rings is 1. The highest BCUT2D eigenvalue weighted by atomic mass is 32.2. The molecule has 3 N–H and O–H groups in total. The standard InChI is InChI=1S/C19H21N3O7S/c1-9-10(2)21-29-18(9)22-30(26,27)12-5-3-11(4-6-12)20-17(23)15-13-7-8-14(28-13)16(15)19(24)25/h3-6,13-16,22H,7-8H2,1-2H3,(H,20,23)(H,24,25)/t13-,14-,15-,16-/m0/s1. The molecule has 0 saturated carbocycles. The zero-order chi connectivity index (χ0) is 21.6.